The lowest BCUT2D eigenvalue weighted by molar-refractivity contribution is 0.0765. The number of anilines is 1. The van der Waals surface area contributed by atoms with E-state index in [1.807, 2.05) is 18.2 Å². The van der Waals surface area contributed by atoms with E-state index in [2.05, 4.69) is 15.3 Å². The number of aliphatic hydroxyl groups is 1. The van der Waals surface area contributed by atoms with Gasteiger partial charge in [-0.15, -0.1) is 0 Å². The lowest BCUT2D eigenvalue weighted by Gasteiger charge is -2.15. The second kappa shape index (κ2) is 8.42. The summed E-state index contributed by atoms with van der Waals surface area (Å²) in [5.41, 5.74) is 3.33. The van der Waals surface area contributed by atoms with E-state index in [1.165, 1.54) is 0 Å². The molecule has 0 spiro atoms. The number of aliphatic hydroxyl groups excluding tert-OH is 1. The number of amides is 2. The van der Waals surface area contributed by atoms with Gasteiger partial charge < -0.3 is 15.3 Å². The van der Waals surface area contributed by atoms with Crippen molar-refractivity contribution in [2.24, 2.45) is 0 Å². The number of carbonyl (C=O) groups is 2. The second-order valence-electron chi connectivity index (χ2n) is 7.28. The maximum atomic E-state index is 12.7. The smallest absolute Gasteiger partial charge is 0.276 e. The number of aryl methyl sites for hydroxylation is 1. The number of carbonyl (C=O) groups excluding carboxylic acids is 2. The standard InChI is InChI=1S/C23H22N4O3.3H2/c1-15-21(22(29)25-18-5-3-2-4-6-18)26-20(13-24-15)16-7-9-17(10-8-16)23(30)27-12-11-19(28)14-27;;;/h2-10,13,19,28H,11-12,14H2,1H3,(H,25,29);3*1H. The van der Waals surface area contributed by atoms with Gasteiger partial charge in [0.1, 0.15) is 5.69 Å². The summed E-state index contributed by atoms with van der Waals surface area (Å²) in [7, 11) is 0. The molecule has 1 aliphatic heterocycles. The fraction of sp³-hybridized carbons (Fsp3) is 0.217. The fourth-order valence-corrected chi connectivity index (χ4v) is 3.41. The van der Waals surface area contributed by atoms with E-state index in [4.69, 9.17) is 0 Å². The topological polar surface area (TPSA) is 95.4 Å². The third-order valence-corrected chi connectivity index (χ3v) is 5.08. The Balaban J connectivity index is 0.00000181. The molecule has 1 saturated heterocycles. The quantitative estimate of drug-likeness (QED) is 0.687. The summed E-state index contributed by atoms with van der Waals surface area (Å²) in [4.78, 5) is 35.7. The number of likely N-dealkylation sites (tertiary alicyclic amines) is 1. The highest BCUT2D eigenvalue weighted by molar-refractivity contribution is 6.03. The molecule has 3 aromatic rings. The van der Waals surface area contributed by atoms with Gasteiger partial charge in [-0.2, -0.15) is 0 Å². The summed E-state index contributed by atoms with van der Waals surface area (Å²) in [5.74, 6) is -0.427. The van der Waals surface area contributed by atoms with Crippen LogP contribution in [0.3, 0.4) is 0 Å². The van der Waals surface area contributed by atoms with Crippen molar-refractivity contribution >= 4 is 17.5 Å². The van der Waals surface area contributed by atoms with Crippen LogP contribution < -0.4 is 5.32 Å². The molecule has 0 aliphatic carbocycles. The highest BCUT2D eigenvalue weighted by atomic mass is 16.3. The predicted octanol–water partition coefficient (Wildman–Crippen LogP) is 3.65. The van der Waals surface area contributed by atoms with Crippen molar-refractivity contribution in [1.82, 2.24) is 14.9 Å². The van der Waals surface area contributed by atoms with Crippen LogP contribution >= 0.6 is 0 Å². The average Bonchev–Trinajstić information content (AvgIpc) is 3.20. The lowest BCUT2D eigenvalue weighted by atomic mass is 10.1. The molecule has 0 radical (unpaired) electrons. The molecular formula is C23H28N4O3. The summed E-state index contributed by atoms with van der Waals surface area (Å²) in [6.07, 6.45) is 1.77. The number of nitrogens with one attached hydrogen (secondary N) is 1. The monoisotopic (exact) mass is 408 g/mol. The summed E-state index contributed by atoms with van der Waals surface area (Å²) in [5, 5.41) is 12.5. The van der Waals surface area contributed by atoms with Crippen LogP contribution in [0.5, 0.6) is 0 Å². The Labute approximate surface area is 178 Å². The van der Waals surface area contributed by atoms with Crippen LogP contribution in [0, 0.1) is 6.92 Å². The van der Waals surface area contributed by atoms with Crippen LogP contribution in [0.1, 0.15) is 37.2 Å². The minimum absolute atomic E-state index is 0. The van der Waals surface area contributed by atoms with Crippen molar-refractivity contribution < 1.29 is 19.0 Å². The average molecular weight is 409 g/mol. The Bertz CT molecular complexity index is 1080. The van der Waals surface area contributed by atoms with Crippen LogP contribution in [-0.4, -0.2) is 51.0 Å². The normalized spacial score (nSPS) is 15.8. The van der Waals surface area contributed by atoms with Gasteiger partial charge >= 0.3 is 0 Å². The molecule has 2 aromatic carbocycles. The molecule has 0 bridgehead atoms. The molecule has 4 rings (SSSR count). The first-order chi connectivity index (χ1) is 14.5. The van der Waals surface area contributed by atoms with Crippen molar-refractivity contribution in [3.8, 4) is 11.3 Å². The molecule has 1 unspecified atom stereocenters. The van der Waals surface area contributed by atoms with Gasteiger partial charge in [-0.25, -0.2) is 4.98 Å². The maximum absolute atomic E-state index is 12.7. The van der Waals surface area contributed by atoms with Crippen molar-refractivity contribution in [3.05, 3.63) is 77.7 Å². The molecule has 1 aliphatic rings. The van der Waals surface area contributed by atoms with Gasteiger partial charge in [0.25, 0.3) is 11.8 Å². The fourth-order valence-electron chi connectivity index (χ4n) is 3.41. The van der Waals surface area contributed by atoms with Gasteiger partial charge in [0.05, 0.1) is 23.7 Å². The number of nitrogens with zero attached hydrogens (tertiary/aromatic N) is 3. The third-order valence-electron chi connectivity index (χ3n) is 5.08. The first-order valence-electron chi connectivity index (χ1n) is 9.79. The van der Waals surface area contributed by atoms with Gasteiger partial charge in [0.2, 0.25) is 0 Å². The maximum Gasteiger partial charge on any atom is 0.276 e. The Kier molecular flexibility index (Phi) is 5.54. The zero-order valence-electron chi connectivity index (χ0n) is 16.6. The number of hydrogen-bond acceptors (Lipinski definition) is 5. The molecule has 30 heavy (non-hydrogen) atoms. The minimum atomic E-state index is -0.448. The van der Waals surface area contributed by atoms with Crippen molar-refractivity contribution in [1.29, 1.82) is 0 Å². The lowest BCUT2D eigenvalue weighted by Crippen LogP contribution is -2.29. The number of aromatic nitrogens is 2. The van der Waals surface area contributed by atoms with E-state index in [9.17, 15) is 14.7 Å². The van der Waals surface area contributed by atoms with Crippen LogP contribution in [0.15, 0.2) is 60.8 Å². The van der Waals surface area contributed by atoms with Crippen molar-refractivity contribution in [3.63, 3.8) is 0 Å². The predicted molar refractivity (Wildman–Crippen MR) is 119 cm³/mol. The number of rotatable bonds is 4. The van der Waals surface area contributed by atoms with Crippen molar-refractivity contribution in [2.75, 3.05) is 18.4 Å². The number of para-hydroxylation sites is 1. The van der Waals surface area contributed by atoms with E-state index >= 15 is 0 Å². The second-order valence-corrected chi connectivity index (χ2v) is 7.28. The summed E-state index contributed by atoms with van der Waals surface area (Å²) >= 11 is 0. The Morgan fingerprint density at radius 1 is 1.13 bits per heavy atom. The van der Waals surface area contributed by atoms with E-state index in [1.54, 1.807) is 54.4 Å². The molecule has 0 saturated carbocycles. The largest absolute Gasteiger partial charge is 0.391 e. The highest BCUT2D eigenvalue weighted by Gasteiger charge is 2.25. The molecule has 158 valence electrons. The van der Waals surface area contributed by atoms with Gasteiger partial charge in [0, 0.05) is 34.2 Å². The molecule has 2 amide bonds. The van der Waals surface area contributed by atoms with Gasteiger partial charge in [-0.1, -0.05) is 30.3 Å². The molecule has 7 nitrogen and oxygen atoms in total. The molecule has 1 fully saturated rings. The summed E-state index contributed by atoms with van der Waals surface area (Å²) < 4.78 is 0. The van der Waals surface area contributed by atoms with Crippen molar-refractivity contribution in [2.45, 2.75) is 19.4 Å². The van der Waals surface area contributed by atoms with E-state index in [0.29, 0.717) is 42.1 Å². The van der Waals surface area contributed by atoms with E-state index in [0.717, 1.165) is 5.56 Å². The Morgan fingerprint density at radius 3 is 2.53 bits per heavy atom. The first-order valence-corrected chi connectivity index (χ1v) is 9.79. The number of benzene rings is 2. The molecule has 2 N–H and O–H groups in total. The Morgan fingerprint density at radius 2 is 1.87 bits per heavy atom. The highest BCUT2D eigenvalue weighted by Crippen LogP contribution is 2.21. The number of hydrogen-bond donors (Lipinski definition) is 2. The van der Waals surface area contributed by atoms with Crippen LogP contribution in [0.25, 0.3) is 11.3 Å². The van der Waals surface area contributed by atoms with E-state index < -0.39 is 6.10 Å². The van der Waals surface area contributed by atoms with Crippen LogP contribution in [0.4, 0.5) is 5.69 Å². The van der Waals surface area contributed by atoms with Gasteiger partial charge in [-0.3, -0.25) is 14.6 Å². The van der Waals surface area contributed by atoms with E-state index in [-0.39, 0.29) is 21.8 Å². The molecule has 2 heterocycles. The van der Waals surface area contributed by atoms with Gasteiger partial charge in [0.15, 0.2) is 0 Å². The van der Waals surface area contributed by atoms with Crippen LogP contribution in [0.2, 0.25) is 0 Å². The van der Waals surface area contributed by atoms with Gasteiger partial charge in [-0.05, 0) is 37.6 Å². The molecule has 1 atom stereocenters. The molecule has 1 aromatic heterocycles. The molecule has 7 heteroatoms. The first kappa shape index (κ1) is 19.7. The zero-order valence-corrected chi connectivity index (χ0v) is 16.6. The molecular weight excluding hydrogens is 380 g/mol. The Hall–Kier alpha value is -3.58. The summed E-state index contributed by atoms with van der Waals surface area (Å²) in [6, 6.07) is 16.2. The number of β-amino-alcohol motifs (C(OH)–C–C–N with tert-alkyl or cyclic N) is 1. The third kappa shape index (κ3) is 4.21. The zero-order chi connectivity index (χ0) is 21.1. The SMILES string of the molecule is Cc1ncc(-c2ccc(C(=O)N3CCC(O)C3)cc2)nc1C(=O)Nc1ccccc1.[HH].[HH].[HH]. The van der Waals surface area contributed by atoms with Crippen LogP contribution in [-0.2, 0) is 0 Å². The summed E-state index contributed by atoms with van der Waals surface area (Å²) in [6.45, 7) is 2.66. The minimum Gasteiger partial charge on any atom is -0.391 e.